The second kappa shape index (κ2) is 7.21. The Morgan fingerprint density at radius 3 is 0.964 bits per heavy atom. The van der Waals surface area contributed by atoms with Crippen LogP contribution >= 0.6 is 0 Å². The first-order chi connectivity index (χ1) is 12.0. The van der Waals surface area contributed by atoms with Crippen molar-refractivity contribution in [3.8, 4) is 0 Å². The highest BCUT2D eigenvalue weighted by Crippen LogP contribution is 2.62. The van der Waals surface area contributed by atoms with E-state index in [1.165, 1.54) is 0 Å². The second-order valence-corrected chi connectivity index (χ2v) is 5.05. The molecule has 0 heterocycles. The highest BCUT2D eigenvalue weighted by atomic mass is 19.4. The molecule has 0 nitrogen and oxygen atoms in total. The molecule has 170 valence electrons. The van der Waals surface area contributed by atoms with Gasteiger partial charge in [-0.2, -0.15) is 43.9 Å². The molecular weight excluding hydrogens is 462 g/mol. The van der Waals surface area contributed by atoms with E-state index in [9.17, 15) is 79.0 Å². The van der Waals surface area contributed by atoms with E-state index in [0.717, 1.165) is 0 Å². The largest absolute Gasteiger partial charge is 0.381 e. The van der Waals surface area contributed by atoms with Crippen LogP contribution in [0.4, 0.5) is 79.0 Å². The minimum absolute atomic E-state index is 5.79. The Hall–Kier alpha value is -1.26. The van der Waals surface area contributed by atoms with E-state index in [1.807, 2.05) is 0 Å². The molecule has 0 aromatic heterocycles. The maximum atomic E-state index is 13.9. The average Bonchev–Trinajstić information content (AvgIpc) is 2.51. The monoisotopic (exact) mass is 466 g/mol. The van der Waals surface area contributed by atoms with E-state index >= 15 is 0 Å². The molecule has 0 radical (unpaired) electrons. The Bertz CT molecular complexity index is 536. The standard InChI is InChI=1S/C10H4F18/c11-1(5(18,19)2(12)13)6(20,7(21,22)3(14)15)9(25,26)10(27,28)8(23,24)4(16)17/h1-4H. The van der Waals surface area contributed by atoms with E-state index in [2.05, 4.69) is 0 Å². The molecule has 0 aromatic rings. The summed E-state index contributed by atoms with van der Waals surface area (Å²) in [6.45, 7) is 0. The number of rotatable bonds is 9. The number of halogens is 18. The molecule has 0 aromatic carbocycles. The molecule has 0 spiro atoms. The number of hydrogen-bond acceptors (Lipinski definition) is 0. The van der Waals surface area contributed by atoms with Crippen molar-refractivity contribution in [2.45, 2.75) is 60.7 Å². The lowest BCUT2D eigenvalue weighted by Gasteiger charge is -2.45. The summed E-state index contributed by atoms with van der Waals surface area (Å²) in [6.07, 6.45) is -24.6. The van der Waals surface area contributed by atoms with E-state index < -0.39 is 60.7 Å². The van der Waals surface area contributed by atoms with Crippen LogP contribution in [0, 0.1) is 0 Å². The van der Waals surface area contributed by atoms with Crippen LogP contribution in [0.5, 0.6) is 0 Å². The van der Waals surface area contributed by atoms with Gasteiger partial charge in [-0.1, -0.05) is 0 Å². The predicted molar refractivity (Wildman–Crippen MR) is 51.5 cm³/mol. The van der Waals surface area contributed by atoms with E-state index in [-0.39, 0.29) is 0 Å². The van der Waals surface area contributed by atoms with Crippen LogP contribution in [0.1, 0.15) is 0 Å². The van der Waals surface area contributed by atoms with Crippen molar-refractivity contribution in [2.24, 2.45) is 0 Å². The Morgan fingerprint density at radius 2 is 0.714 bits per heavy atom. The summed E-state index contributed by atoms with van der Waals surface area (Å²) < 4.78 is 229. The molecule has 0 aliphatic carbocycles. The van der Waals surface area contributed by atoms with Crippen molar-refractivity contribution in [3.63, 3.8) is 0 Å². The topological polar surface area (TPSA) is 0 Å². The summed E-state index contributed by atoms with van der Waals surface area (Å²) in [7, 11) is 0. The van der Waals surface area contributed by atoms with Crippen LogP contribution in [0.25, 0.3) is 0 Å². The summed E-state index contributed by atoms with van der Waals surface area (Å²) in [6, 6.07) is 0. The number of hydrogen-bond donors (Lipinski definition) is 0. The molecule has 0 rings (SSSR count). The van der Waals surface area contributed by atoms with Crippen LogP contribution in [-0.4, -0.2) is 60.7 Å². The normalized spacial score (nSPS) is 18.8. The minimum Gasteiger partial charge on any atom is -0.236 e. The third-order valence-corrected chi connectivity index (χ3v) is 3.28. The van der Waals surface area contributed by atoms with Gasteiger partial charge in [0.2, 0.25) is 6.17 Å². The zero-order chi connectivity index (χ0) is 23.3. The van der Waals surface area contributed by atoms with Gasteiger partial charge < -0.3 is 0 Å². The first kappa shape index (κ1) is 26.7. The van der Waals surface area contributed by atoms with Gasteiger partial charge in [0, 0.05) is 0 Å². The third-order valence-electron chi connectivity index (χ3n) is 3.28. The van der Waals surface area contributed by atoms with Gasteiger partial charge in [-0.3, -0.25) is 0 Å². The van der Waals surface area contributed by atoms with Crippen LogP contribution in [0.15, 0.2) is 0 Å². The van der Waals surface area contributed by atoms with Crippen LogP contribution < -0.4 is 0 Å². The SMILES string of the molecule is FC(F)C(F)(F)C(F)C(F)(C(F)(F)C(F)F)C(F)(F)C(F)(F)C(F)(F)C(F)F. The Balaban J connectivity index is 7.08. The maximum Gasteiger partial charge on any atom is 0.381 e. The second-order valence-electron chi connectivity index (χ2n) is 5.05. The molecule has 0 amide bonds. The average molecular weight is 466 g/mol. The van der Waals surface area contributed by atoms with Crippen LogP contribution in [-0.2, 0) is 0 Å². The van der Waals surface area contributed by atoms with Crippen molar-refractivity contribution < 1.29 is 79.0 Å². The zero-order valence-electron chi connectivity index (χ0n) is 12.1. The van der Waals surface area contributed by atoms with Crippen LogP contribution in [0.2, 0.25) is 0 Å². The van der Waals surface area contributed by atoms with Gasteiger partial charge in [0.15, 0.2) is 0 Å². The fraction of sp³-hybridized carbons (Fsp3) is 1.00. The maximum absolute atomic E-state index is 13.9. The molecule has 0 bridgehead atoms. The Labute approximate surface area is 141 Å². The van der Waals surface area contributed by atoms with Crippen molar-refractivity contribution in [1.82, 2.24) is 0 Å². The summed E-state index contributed by atoms with van der Waals surface area (Å²) in [5, 5.41) is 0. The Morgan fingerprint density at radius 1 is 0.393 bits per heavy atom. The summed E-state index contributed by atoms with van der Waals surface area (Å²) in [5.74, 6) is -39.3. The lowest BCUT2D eigenvalue weighted by atomic mass is 9.78. The third kappa shape index (κ3) is 3.33. The van der Waals surface area contributed by atoms with Crippen molar-refractivity contribution >= 4 is 0 Å². The number of alkyl halides is 18. The lowest BCUT2D eigenvalue weighted by molar-refractivity contribution is -0.414. The van der Waals surface area contributed by atoms with Gasteiger partial charge in [-0.15, -0.1) is 0 Å². The van der Waals surface area contributed by atoms with Gasteiger partial charge in [0.05, 0.1) is 0 Å². The molecule has 28 heavy (non-hydrogen) atoms. The van der Waals surface area contributed by atoms with E-state index in [0.29, 0.717) is 0 Å². The molecule has 0 saturated carbocycles. The fourth-order valence-electron chi connectivity index (χ4n) is 1.65. The highest BCUT2D eigenvalue weighted by molar-refractivity contribution is 5.19. The van der Waals surface area contributed by atoms with Gasteiger partial charge in [0.25, 0.3) is 5.67 Å². The van der Waals surface area contributed by atoms with Crippen LogP contribution in [0.3, 0.4) is 0 Å². The molecule has 0 fully saturated rings. The Kier molecular flexibility index (Phi) is 6.89. The van der Waals surface area contributed by atoms with Crippen molar-refractivity contribution in [2.75, 3.05) is 0 Å². The van der Waals surface area contributed by atoms with E-state index in [4.69, 9.17) is 0 Å². The molecule has 2 unspecified atom stereocenters. The predicted octanol–water partition coefficient (Wildman–Crippen LogP) is 6.00. The fourth-order valence-corrected chi connectivity index (χ4v) is 1.65. The molecule has 18 heteroatoms. The minimum atomic E-state index is -8.50. The van der Waals surface area contributed by atoms with Gasteiger partial charge in [0.1, 0.15) is 0 Å². The smallest absolute Gasteiger partial charge is 0.236 e. The molecule has 0 aliphatic heterocycles. The van der Waals surface area contributed by atoms with E-state index in [1.54, 1.807) is 0 Å². The zero-order valence-corrected chi connectivity index (χ0v) is 12.1. The summed E-state index contributed by atoms with van der Waals surface area (Å²) in [5.41, 5.74) is -8.21. The van der Waals surface area contributed by atoms with Gasteiger partial charge in [-0.25, -0.2) is 35.1 Å². The molecule has 0 saturated heterocycles. The highest BCUT2D eigenvalue weighted by Gasteiger charge is 2.92. The molecule has 2 atom stereocenters. The first-order valence-electron chi connectivity index (χ1n) is 6.05. The van der Waals surface area contributed by atoms with Gasteiger partial charge in [-0.05, 0) is 0 Å². The first-order valence-corrected chi connectivity index (χ1v) is 6.05. The lowest BCUT2D eigenvalue weighted by Crippen LogP contribution is -2.76. The van der Waals surface area contributed by atoms with Crippen molar-refractivity contribution in [1.29, 1.82) is 0 Å². The summed E-state index contributed by atoms with van der Waals surface area (Å²) >= 11 is 0. The summed E-state index contributed by atoms with van der Waals surface area (Å²) in [4.78, 5) is 0. The molecular formula is C10H4F18. The molecule has 0 aliphatic rings. The quantitative estimate of drug-likeness (QED) is 0.366. The molecule has 0 N–H and O–H groups in total. The van der Waals surface area contributed by atoms with Crippen molar-refractivity contribution in [3.05, 3.63) is 0 Å². The van der Waals surface area contributed by atoms with Gasteiger partial charge >= 0.3 is 48.9 Å².